The molecule has 120 valence electrons. The van der Waals surface area contributed by atoms with Crippen LogP contribution in [0.4, 0.5) is 5.82 Å². The molecule has 1 aliphatic carbocycles. The Bertz CT molecular complexity index is 938. The Labute approximate surface area is 133 Å². The average Bonchev–Trinajstić information content (AvgIpc) is 3.26. The van der Waals surface area contributed by atoms with E-state index < -0.39 is 10.0 Å². The highest BCUT2D eigenvalue weighted by Gasteiger charge is 2.23. The van der Waals surface area contributed by atoms with Crippen molar-refractivity contribution in [2.45, 2.75) is 36.5 Å². The molecule has 0 amide bonds. The van der Waals surface area contributed by atoms with Gasteiger partial charge in [-0.3, -0.25) is 9.82 Å². The second kappa shape index (κ2) is 5.38. The number of hydrogen-bond donors (Lipinski definition) is 2. The van der Waals surface area contributed by atoms with Crippen molar-refractivity contribution >= 4 is 21.4 Å². The Hall–Kier alpha value is -2.35. The molecule has 0 unspecified atom stereocenters. The highest BCUT2D eigenvalue weighted by atomic mass is 32.2. The molecule has 1 fully saturated rings. The van der Waals surface area contributed by atoms with Crippen LogP contribution in [0.25, 0.3) is 5.52 Å². The van der Waals surface area contributed by atoms with Gasteiger partial charge in [-0.25, -0.2) is 12.9 Å². The van der Waals surface area contributed by atoms with E-state index in [-0.39, 0.29) is 4.90 Å². The summed E-state index contributed by atoms with van der Waals surface area (Å²) >= 11 is 0. The molecule has 4 rings (SSSR count). The summed E-state index contributed by atoms with van der Waals surface area (Å²) in [6.07, 6.45) is 7.74. The maximum absolute atomic E-state index is 12.6. The van der Waals surface area contributed by atoms with Gasteiger partial charge in [-0.05, 0) is 25.0 Å². The lowest BCUT2D eigenvalue weighted by Crippen LogP contribution is -2.13. The molecule has 0 saturated heterocycles. The fourth-order valence-electron chi connectivity index (χ4n) is 3.15. The number of hydrogen-bond acceptors (Lipinski definition) is 4. The van der Waals surface area contributed by atoms with Crippen LogP contribution in [0.15, 0.2) is 41.6 Å². The first-order chi connectivity index (χ1) is 11.1. The lowest BCUT2D eigenvalue weighted by molar-refractivity contribution is 0.602. The summed E-state index contributed by atoms with van der Waals surface area (Å²) < 4.78 is 29.2. The summed E-state index contributed by atoms with van der Waals surface area (Å²) in [4.78, 5) is 0.142. The molecule has 7 nitrogen and oxygen atoms in total. The van der Waals surface area contributed by atoms with Gasteiger partial charge in [0.2, 0.25) is 0 Å². The summed E-state index contributed by atoms with van der Waals surface area (Å²) in [5, 5.41) is 11.1. The minimum atomic E-state index is -3.72. The third kappa shape index (κ3) is 2.59. The second-order valence-corrected chi connectivity index (χ2v) is 7.49. The van der Waals surface area contributed by atoms with Crippen molar-refractivity contribution in [3.63, 3.8) is 0 Å². The molecule has 1 aliphatic rings. The van der Waals surface area contributed by atoms with E-state index in [4.69, 9.17) is 0 Å². The Morgan fingerprint density at radius 2 is 2.09 bits per heavy atom. The minimum Gasteiger partial charge on any atom is -0.280 e. The number of fused-ring (bicyclic) bond motifs is 1. The minimum absolute atomic E-state index is 0.142. The molecule has 8 heteroatoms. The van der Waals surface area contributed by atoms with Crippen molar-refractivity contribution in [1.29, 1.82) is 0 Å². The zero-order valence-corrected chi connectivity index (χ0v) is 13.3. The van der Waals surface area contributed by atoms with E-state index in [1.54, 1.807) is 30.5 Å². The Kier molecular flexibility index (Phi) is 3.33. The van der Waals surface area contributed by atoms with Crippen LogP contribution in [0, 0.1) is 0 Å². The van der Waals surface area contributed by atoms with Crippen LogP contribution in [-0.2, 0) is 10.0 Å². The number of aromatic amines is 1. The first kappa shape index (κ1) is 14.3. The number of H-pyrrole nitrogens is 1. The second-order valence-electron chi connectivity index (χ2n) is 5.83. The van der Waals surface area contributed by atoms with Gasteiger partial charge in [-0.2, -0.15) is 10.2 Å². The third-order valence-corrected chi connectivity index (χ3v) is 5.68. The van der Waals surface area contributed by atoms with Gasteiger partial charge in [0.25, 0.3) is 10.0 Å². The van der Waals surface area contributed by atoms with Gasteiger partial charge in [0.1, 0.15) is 4.90 Å². The first-order valence-electron chi connectivity index (χ1n) is 7.64. The van der Waals surface area contributed by atoms with E-state index in [9.17, 15) is 8.42 Å². The Balaban J connectivity index is 1.62. The maximum Gasteiger partial charge on any atom is 0.266 e. The average molecular weight is 331 g/mol. The van der Waals surface area contributed by atoms with Crippen LogP contribution >= 0.6 is 0 Å². The quantitative estimate of drug-likeness (QED) is 0.768. The van der Waals surface area contributed by atoms with Crippen LogP contribution in [-0.4, -0.2) is 28.2 Å². The molecular formula is C15H17N5O2S. The van der Waals surface area contributed by atoms with Gasteiger partial charge in [-0.15, -0.1) is 0 Å². The highest BCUT2D eigenvalue weighted by molar-refractivity contribution is 7.93. The van der Waals surface area contributed by atoms with E-state index >= 15 is 0 Å². The van der Waals surface area contributed by atoms with Crippen molar-refractivity contribution < 1.29 is 8.42 Å². The summed E-state index contributed by atoms with van der Waals surface area (Å²) in [5.74, 6) is 0.778. The van der Waals surface area contributed by atoms with Crippen LogP contribution in [0.3, 0.4) is 0 Å². The van der Waals surface area contributed by atoms with Crippen LogP contribution in [0.2, 0.25) is 0 Å². The standard InChI is InChI=1S/C15H17N5O2S/c21-23(22,14-10-16-20-8-4-3-7-13(14)20)19-15-9-12(17-18-15)11-5-1-2-6-11/h3-4,7-11H,1-2,5-6H2,(H2,17,18,19). The molecule has 0 spiro atoms. The van der Waals surface area contributed by atoms with Crippen molar-refractivity contribution in [3.8, 4) is 0 Å². The van der Waals surface area contributed by atoms with Gasteiger partial charge in [0, 0.05) is 23.9 Å². The molecule has 0 aliphatic heterocycles. The fraction of sp³-hybridized carbons (Fsp3) is 0.333. The van der Waals surface area contributed by atoms with Crippen molar-refractivity contribution in [2.75, 3.05) is 4.72 Å². The van der Waals surface area contributed by atoms with Crippen molar-refractivity contribution in [3.05, 3.63) is 42.4 Å². The molecule has 0 aromatic carbocycles. The van der Waals surface area contributed by atoms with E-state index in [2.05, 4.69) is 20.0 Å². The highest BCUT2D eigenvalue weighted by Crippen LogP contribution is 2.34. The van der Waals surface area contributed by atoms with Crippen LogP contribution in [0.1, 0.15) is 37.3 Å². The topological polar surface area (TPSA) is 92.1 Å². The first-order valence-corrected chi connectivity index (χ1v) is 9.12. The lowest BCUT2D eigenvalue weighted by atomic mass is 10.1. The number of rotatable bonds is 4. The molecule has 23 heavy (non-hydrogen) atoms. The van der Waals surface area contributed by atoms with Crippen molar-refractivity contribution in [1.82, 2.24) is 19.8 Å². The molecule has 3 heterocycles. The molecule has 1 saturated carbocycles. The van der Waals surface area contributed by atoms with Gasteiger partial charge in [0.15, 0.2) is 5.82 Å². The Morgan fingerprint density at radius 1 is 1.26 bits per heavy atom. The summed E-state index contributed by atoms with van der Waals surface area (Å²) in [6, 6.07) is 7.09. The normalized spacial score (nSPS) is 16.2. The largest absolute Gasteiger partial charge is 0.280 e. The molecule has 0 atom stereocenters. The molecular weight excluding hydrogens is 314 g/mol. The van der Waals surface area contributed by atoms with E-state index in [1.165, 1.54) is 23.6 Å². The monoisotopic (exact) mass is 331 g/mol. The van der Waals surface area contributed by atoms with Crippen LogP contribution < -0.4 is 4.72 Å². The van der Waals surface area contributed by atoms with E-state index in [0.29, 0.717) is 17.3 Å². The molecule has 0 bridgehead atoms. The van der Waals surface area contributed by atoms with E-state index in [1.807, 2.05) is 0 Å². The third-order valence-electron chi connectivity index (χ3n) is 4.31. The summed E-state index contributed by atoms with van der Waals surface area (Å²) in [6.45, 7) is 0. The maximum atomic E-state index is 12.6. The summed E-state index contributed by atoms with van der Waals surface area (Å²) in [5.41, 5.74) is 1.53. The smallest absolute Gasteiger partial charge is 0.266 e. The lowest BCUT2D eigenvalue weighted by Gasteiger charge is -2.04. The predicted molar refractivity (Wildman–Crippen MR) is 85.8 cm³/mol. The Morgan fingerprint density at radius 3 is 2.91 bits per heavy atom. The van der Waals surface area contributed by atoms with Gasteiger partial charge in [-0.1, -0.05) is 18.9 Å². The summed E-state index contributed by atoms with van der Waals surface area (Å²) in [7, 11) is -3.72. The number of nitrogens with one attached hydrogen (secondary N) is 2. The fourth-order valence-corrected chi connectivity index (χ4v) is 4.26. The SMILES string of the molecule is O=S(=O)(Nc1cc(C2CCCC2)[nH]n1)c1cnn2ccccc12. The number of pyridine rings is 1. The molecule has 3 aromatic heterocycles. The van der Waals surface area contributed by atoms with Gasteiger partial charge >= 0.3 is 0 Å². The zero-order chi connectivity index (χ0) is 15.9. The predicted octanol–water partition coefficient (Wildman–Crippen LogP) is 2.52. The van der Waals surface area contributed by atoms with Crippen LogP contribution in [0.5, 0.6) is 0 Å². The number of sulfonamides is 1. The van der Waals surface area contributed by atoms with Gasteiger partial charge < -0.3 is 0 Å². The van der Waals surface area contributed by atoms with Gasteiger partial charge in [0.05, 0.1) is 11.7 Å². The molecule has 2 N–H and O–H groups in total. The number of aromatic nitrogens is 4. The van der Waals surface area contributed by atoms with Crippen molar-refractivity contribution in [2.24, 2.45) is 0 Å². The molecule has 3 aromatic rings. The zero-order valence-electron chi connectivity index (χ0n) is 12.4. The molecule has 0 radical (unpaired) electrons. The number of anilines is 1. The van der Waals surface area contributed by atoms with E-state index in [0.717, 1.165) is 18.5 Å². The number of nitrogens with zero attached hydrogens (tertiary/aromatic N) is 3.